The first-order valence-electron chi connectivity index (χ1n) is 3.54. The van der Waals surface area contributed by atoms with E-state index in [-0.39, 0.29) is 11.3 Å². The van der Waals surface area contributed by atoms with Gasteiger partial charge in [0, 0.05) is 12.0 Å². The number of nitrogens with two attached hydrogens (primary N) is 1. The van der Waals surface area contributed by atoms with Gasteiger partial charge in [-0.25, -0.2) is 0 Å². The summed E-state index contributed by atoms with van der Waals surface area (Å²) < 4.78 is 0. The molecule has 0 bridgehead atoms. The van der Waals surface area contributed by atoms with Crippen LogP contribution in [-0.4, -0.2) is 27.5 Å². The summed E-state index contributed by atoms with van der Waals surface area (Å²) in [5, 5.41) is 0.167. The van der Waals surface area contributed by atoms with Gasteiger partial charge in [0.25, 0.3) is 0 Å². The lowest BCUT2D eigenvalue weighted by Crippen LogP contribution is -2.74. The fourth-order valence-corrected chi connectivity index (χ4v) is 2.57. The maximum Gasteiger partial charge on any atom is 0.250 e. The van der Waals surface area contributed by atoms with E-state index in [1.165, 1.54) is 0 Å². The number of hydrogen-bond acceptors (Lipinski definition) is 3. The predicted molar refractivity (Wildman–Crippen MR) is 44.8 cm³/mol. The van der Waals surface area contributed by atoms with E-state index >= 15 is 0 Å². The lowest BCUT2D eigenvalue weighted by molar-refractivity contribution is -0.147. The molecule has 4 heteroatoms. The molecule has 2 rings (SSSR count). The predicted octanol–water partition coefficient (Wildman–Crippen LogP) is 0.133. The van der Waals surface area contributed by atoms with Gasteiger partial charge in [-0.1, -0.05) is 6.08 Å². The van der Waals surface area contributed by atoms with Gasteiger partial charge < -0.3 is 10.6 Å². The Bertz CT molecular complexity index is 237. The summed E-state index contributed by atoms with van der Waals surface area (Å²) in [5.74, 6) is 0.993. The van der Waals surface area contributed by atoms with Gasteiger partial charge in [0.15, 0.2) is 0 Å². The summed E-state index contributed by atoms with van der Waals surface area (Å²) in [5.41, 5.74) is 5.14. The number of thioether (sulfide) groups is 1. The molecule has 0 spiro atoms. The zero-order valence-corrected chi connectivity index (χ0v) is 7.10. The van der Waals surface area contributed by atoms with E-state index in [9.17, 15) is 4.79 Å². The molecule has 1 amide bonds. The van der Waals surface area contributed by atoms with Crippen molar-refractivity contribution in [2.45, 2.75) is 17.8 Å². The molecular formula is C7H10N2OS. The van der Waals surface area contributed by atoms with Crippen LogP contribution in [0.15, 0.2) is 12.3 Å². The van der Waals surface area contributed by atoms with Crippen LogP contribution in [0.4, 0.5) is 0 Å². The molecular weight excluding hydrogens is 160 g/mol. The third kappa shape index (κ3) is 0.765. The summed E-state index contributed by atoms with van der Waals surface area (Å²) in [4.78, 5) is 13.0. The minimum atomic E-state index is -0.630. The Morgan fingerprint density at radius 3 is 3.27 bits per heavy atom. The number of carbonyl (C=O) groups excluding carboxylic acids is 1. The molecule has 0 aromatic heterocycles. The highest BCUT2D eigenvalue weighted by molar-refractivity contribution is 8.00. The van der Waals surface area contributed by atoms with Crippen LogP contribution in [0.1, 0.15) is 6.92 Å². The van der Waals surface area contributed by atoms with Crippen LogP contribution in [-0.2, 0) is 4.79 Å². The molecule has 0 radical (unpaired) electrons. The number of nitrogens with zero attached hydrogens (tertiary/aromatic N) is 1. The second-order valence-corrected chi connectivity index (χ2v) is 4.18. The molecule has 2 heterocycles. The average molecular weight is 170 g/mol. The minimum absolute atomic E-state index is 0.0333. The van der Waals surface area contributed by atoms with Crippen molar-refractivity contribution in [3.8, 4) is 0 Å². The molecule has 2 aliphatic heterocycles. The first-order valence-corrected chi connectivity index (χ1v) is 4.59. The van der Waals surface area contributed by atoms with Crippen LogP contribution < -0.4 is 5.73 Å². The monoisotopic (exact) mass is 170 g/mol. The Morgan fingerprint density at radius 1 is 1.91 bits per heavy atom. The Labute approximate surface area is 69.6 Å². The molecule has 60 valence electrons. The minimum Gasteiger partial charge on any atom is -0.315 e. The first-order chi connectivity index (χ1) is 5.14. The highest BCUT2D eigenvalue weighted by atomic mass is 32.2. The van der Waals surface area contributed by atoms with E-state index in [1.54, 1.807) is 23.6 Å². The first kappa shape index (κ1) is 7.18. The number of hydrogen-bond donors (Lipinski definition) is 1. The van der Waals surface area contributed by atoms with E-state index in [0.29, 0.717) is 0 Å². The number of amides is 1. The highest BCUT2D eigenvalue weighted by Gasteiger charge is 2.55. The second-order valence-electron chi connectivity index (χ2n) is 3.07. The fourth-order valence-electron chi connectivity index (χ4n) is 1.42. The summed E-state index contributed by atoms with van der Waals surface area (Å²) in [6.07, 6.45) is 3.81. The van der Waals surface area contributed by atoms with E-state index in [1.807, 2.05) is 12.3 Å². The molecule has 1 fully saturated rings. The van der Waals surface area contributed by atoms with Crippen LogP contribution in [0, 0.1) is 0 Å². The second kappa shape index (κ2) is 2.01. The molecule has 0 saturated carbocycles. The summed E-state index contributed by atoms with van der Waals surface area (Å²) >= 11 is 1.72. The summed E-state index contributed by atoms with van der Waals surface area (Å²) in [7, 11) is 0. The van der Waals surface area contributed by atoms with Crippen molar-refractivity contribution in [1.82, 2.24) is 4.90 Å². The van der Waals surface area contributed by atoms with Gasteiger partial charge in [-0.2, -0.15) is 0 Å². The Morgan fingerprint density at radius 2 is 2.64 bits per heavy atom. The van der Waals surface area contributed by atoms with Crippen LogP contribution >= 0.6 is 11.8 Å². The van der Waals surface area contributed by atoms with Gasteiger partial charge in [0.1, 0.15) is 10.9 Å². The average Bonchev–Trinajstić information content (AvgIpc) is 2.04. The van der Waals surface area contributed by atoms with Gasteiger partial charge in [-0.05, 0) is 6.92 Å². The molecule has 0 aromatic rings. The molecule has 3 nitrogen and oxygen atoms in total. The standard InChI is InChI=1S/C7H10N2OS/c1-7(8)5(10)9-3-2-4-11-6(7)9/h2-3,6H,4,8H2,1H3/t6-,7+/m1/s1. The van der Waals surface area contributed by atoms with E-state index in [4.69, 9.17) is 5.73 Å². The van der Waals surface area contributed by atoms with Crippen molar-refractivity contribution in [2.24, 2.45) is 5.73 Å². The van der Waals surface area contributed by atoms with Gasteiger partial charge in [0.05, 0.1) is 0 Å². The molecule has 2 aliphatic rings. The van der Waals surface area contributed by atoms with E-state index in [2.05, 4.69) is 0 Å². The number of β-lactam (4-membered cyclic amide) rings is 1. The SMILES string of the molecule is C[C@]1(N)C(=O)N2C=CCS[C@@H]21. The van der Waals surface area contributed by atoms with Crippen LogP contribution in [0.5, 0.6) is 0 Å². The Kier molecular flexibility index (Phi) is 1.32. The lowest BCUT2D eigenvalue weighted by Gasteiger charge is -2.51. The number of rotatable bonds is 0. The quantitative estimate of drug-likeness (QED) is 0.526. The normalized spacial score (nSPS) is 41.8. The van der Waals surface area contributed by atoms with Crippen molar-refractivity contribution in [2.75, 3.05) is 5.75 Å². The maximum absolute atomic E-state index is 11.3. The van der Waals surface area contributed by atoms with E-state index in [0.717, 1.165) is 5.75 Å². The molecule has 0 aliphatic carbocycles. The van der Waals surface area contributed by atoms with Crippen molar-refractivity contribution in [1.29, 1.82) is 0 Å². The number of fused-ring (bicyclic) bond motifs is 1. The Balaban J connectivity index is 2.26. The molecule has 0 unspecified atom stereocenters. The number of carbonyl (C=O) groups is 1. The highest BCUT2D eigenvalue weighted by Crippen LogP contribution is 2.38. The van der Waals surface area contributed by atoms with Gasteiger partial charge in [-0.3, -0.25) is 4.79 Å². The van der Waals surface area contributed by atoms with Crippen molar-refractivity contribution >= 4 is 17.7 Å². The van der Waals surface area contributed by atoms with E-state index < -0.39 is 5.54 Å². The molecule has 0 aromatic carbocycles. The van der Waals surface area contributed by atoms with Gasteiger partial charge in [-0.15, -0.1) is 11.8 Å². The largest absolute Gasteiger partial charge is 0.315 e. The van der Waals surface area contributed by atoms with Crippen LogP contribution in [0.2, 0.25) is 0 Å². The van der Waals surface area contributed by atoms with Gasteiger partial charge in [0.2, 0.25) is 5.91 Å². The third-order valence-electron chi connectivity index (χ3n) is 2.08. The lowest BCUT2D eigenvalue weighted by atomic mass is 9.92. The molecule has 1 saturated heterocycles. The Hall–Kier alpha value is -0.480. The summed E-state index contributed by atoms with van der Waals surface area (Å²) in [6, 6.07) is 0. The van der Waals surface area contributed by atoms with Crippen molar-refractivity contribution < 1.29 is 4.79 Å². The zero-order valence-electron chi connectivity index (χ0n) is 6.28. The molecule has 2 atom stereocenters. The van der Waals surface area contributed by atoms with Crippen molar-refractivity contribution in [3.63, 3.8) is 0 Å². The fraction of sp³-hybridized carbons (Fsp3) is 0.571. The molecule has 11 heavy (non-hydrogen) atoms. The van der Waals surface area contributed by atoms with Crippen LogP contribution in [0.25, 0.3) is 0 Å². The van der Waals surface area contributed by atoms with Crippen LogP contribution in [0.3, 0.4) is 0 Å². The summed E-state index contributed by atoms with van der Waals surface area (Å²) in [6.45, 7) is 1.79. The van der Waals surface area contributed by atoms with Crippen molar-refractivity contribution in [3.05, 3.63) is 12.3 Å². The van der Waals surface area contributed by atoms with Gasteiger partial charge >= 0.3 is 0 Å². The third-order valence-corrected chi connectivity index (χ3v) is 3.49. The maximum atomic E-state index is 11.3. The molecule has 2 N–H and O–H groups in total. The smallest absolute Gasteiger partial charge is 0.250 e. The zero-order chi connectivity index (χ0) is 8.06. The topological polar surface area (TPSA) is 46.3 Å².